The van der Waals surface area contributed by atoms with Gasteiger partial charge in [0.25, 0.3) is 5.91 Å². The van der Waals surface area contributed by atoms with Gasteiger partial charge in [-0.25, -0.2) is 4.79 Å². The summed E-state index contributed by atoms with van der Waals surface area (Å²) in [5, 5.41) is 5.78. The van der Waals surface area contributed by atoms with Crippen LogP contribution in [0.15, 0.2) is 66.7 Å². The second-order valence-corrected chi connectivity index (χ2v) is 10.2. The van der Waals surface area contributed by atoms with E-state index in [-0.39, 0.29) is 5.91 Å². The Morgan fingerprint density at radius 3 is 2.12 bits per heavy atom. The Labute approximate surface area is 242 Å². The minimum Gasteiger partial charge on any atom is -0.495 e. The van der Waals surface area contributed by atoms with Crippen LogP contribution < -0.4 is 29.9 Å². The predicted octanol–water partition coefficient (Wildman–Crippen LogP) is 5.69. The number of carbonyl (C=O) groups excluding carboxylic acids is 2. The molecule has 3 aromatic rings. The lowest BCUT2D eigenvalue weighted by Crippen LogP contribution is -2.47. The van der Waals surface area contributed by atoms with Crippen molar-refractivity contribution in [3.05, 3.63) is 72.3 Å². The van der Waals surface area contributed by atoms with Crippen molar-refractivity contribution in [3.63, 3.8) is 0 Å². The first-order valence-electron chi connectivity index (χ1n) is 14.4. The summed E-state index contributed by atoms with van der Waals surface area (Å²) in [5.74, 6) is 1.48. The van der Waals surface area contributed by atoms with E-state index in [9.17, 15) is 9.59 Å². The van der Waals surface area contributed by atoms with Crippen LogP contribution >= 0.6 is 0 Å². The fraction of sp³-hybridized carbons (Fsp3) is 0.375. The molecule has 2 N–H and O–H groups in total. The molecule has 0 spiro atoms. The van der Waals surface area contributed by atoms with Gasteiger partial charge in [0.2, 0.25) is 0 Å². The maximum Gasteiger partial charge on any atom is 0.323 e. The normalized spacial score (nSPS) is 15.3. The van der Waals surface area contributed by atoms with Crippen molar-refractivity contribution in [3.8, 4) is 11.5 Å². The van der Waals surface area contributed by atoms with E-state index in [1.54, 1.807) is 13.2 Å². The second-order valence-electron chi connectivity index (χ2n) is 10.2. The lowest BCUT2D eigenvalue weighted by atomic mass is 10.1. The van der Waals surface area contributed by atoms with Gasteiger partial charge in [0.15, 0.2) is 0 Å². The Balaban J connectivity index is 1.35. The Bertz CT molecular complexity index is 1350. The Hall–Kier alpha value is -4.40. The zero-order valence-electron chi connectivity index (χ0n) is 23.9. The van der Waals surface area contributed by atoms with E-state index >= 15 is 0 Å². The number of carbonyl (C=O) groups is 2. The van der Waals surface area contributed by atoms with Gasteiger partial charge >= 0.3 is 6.03 Å². The molecule has 2 fully saturated rings. The lowest BCUT2D eigenvalue weighted by Gasteiger charge is -2.39. The van der Waals surface area contributed by atoms with E-state index in [4.69, 9.17) is 9.47 Å². The van der Waals surface area contributed by atoms with Gasteiger partial charge in [0.05, 0.1) is 30.7 Å². The molecule has 9 nitrogen and oxygen atoms in total. The summed E-state index contributed by atoms with van der Waals surface area (Å²) >= 11 is 0. The standard InChI is InChI=1S/C32H39N5O4/c1-3-41-29-13-7-5-11-26(29)34-32(39)33-24-15-16-27(25(23-24)31(38)37-17-9-4-10-18-37)35-19-21-36(22-20-35)28-12-6-8-14-30(28)40-2/h5-8,11-16,23H,3-4,9-10,17-22H2,1-2H3,(H2,33,34,39). The molecule has 0 bridgehead atoms. The van der Waals surface area contributed by atoms with Crippen molar-refractivity contribution >= 4 is 34.7 Å². The van der Waals surface area contributed by atoms with E-state index in [0.29, 0.717) is 29.3 Å². The molecule has 5 rings (SSSR count). The summed E-state index contributed by atoms with van der Waals surface area (Å²) in [6.45, 7) is 7.05. The summed E-state index contributed by atoms with van der Waals surface area (Å²) in [6.07, 6.45) is 3.17. The zero-order chi connectivity index (χ0) is 28.6. The molecule has 0 unspecified atom stereocenters. The van der Waals surface area contributed by atoms with Crippen LogP contribution in [-0.2, 0) is 0 Å². The highest BCUT2D eigenvalue weighted by Gasteiger charge is 2.27. The van der Waals surface area contributed by atoms with Crippen molar-refractivity contribution in [1.82, 2.24) is 4.90 Å². The molecule has 216 valence electrons. The molecule has 3 amide bonds. The van der Waals surface area contributed by atoms with E-state index in [1.165, 1.54) is 0 Å². The Morgan fingerprint density at radius 2 is 1.41 bits per heavy atom. The first-order chi connectivity index (χ1) is 20.1. The average Bonchev–Trinajstić information content (AvgIpc) is 3.02. The minimum atomic E-state index is -0.397. The molecule has 0 atom stereocenters. The van der Waals surface area contributed by atoms with Crippen LogP contribution in [0.3, 0.4) is 0 Å². The maximum absolute atomic E-state index is 13.8. The monoisotopic (exact) mass is 557 g/mol. The minimum absolute atomic E-state index is 0.0117. The summed E-state index contributed by atoms with van der Waals surface area (Å²) in [5.41, 5.74) is 3.74. The molecule has 0 saturated carbocycles. The SMILES string of the molecule is CCOc1ccccc1NC(=O)Nc1ccc(N2CCN(c3ccccc3OC)CC2)c(C(=O)N2CCCCC2)c1. The summed E-state index contributed by atoms with van der Waals surface area (Å²) in [6, 6.07) is 20.6. The lowest BCUT2D eigenvalue weighted by molar-refractivity contribution is 0.0725. The second kappa shape index (κ2) is 13.3. The predicted molar refractivity (Wildman–Crippen MR) is 164 cm³/mol. The largest absolute Gasteiger partial charge is 0.495 e. The van der Waals surface area contributed by atoms with Crippen molar-refractivity contribution in [2.45, 2.75) is 26.2 Å². The number of para-hydroxylation sites is 4. The van der Waals surface area contributed by atoms with Gasteiger partial charge in [-0.3, -0.25) is 4.79 Å². The van der Waals surface area contributed by atoms with E-state index in [2.05, 4.69) is 26.5 Å². The molecule has 9 heteroatoms. The highest BCUT2D eigenvalue weighted by atomic mass is 16.5. The maximum atomic E-state index is 13.8. The van der Waals surface area contributed by atoms with Crippen molar-refractivity contribution in [2.24, 2.45) is 0 Å². The number of rotatable bonds is 8. The summed E-state index contributed by atoms with van der Waals surface area (Å²) in [4.78, 5) is 33.3. The molecule has 2 heterocycles. The van der Waals surface area contributed by atoms with Crippen molar-refractivity contribution in [1.29, 1.82) is 0 Å². The number of likely N-dealkylation sites (tertiary alicyclic amines) is 1. The first-order valence-corrected chi connectivity index (χ1v) is 14.4. The number of urea groups is 1. The third kappa shape index (κ3) is 6.67. The number of piperazine rings is 1. The van der Waals surface area contributed by atoms with Crippen LogP contribution in [0.25, 0.3) is 0 Å². The van der Waals surface area contributed by atoms with E-state index in [1.807, 2.05) is 66.4 Å². The number of ether oxygens (including phenoxy) is 2. The highest BCUT2D eigenvalue weighted by molar-refractivity contribution is 6.04. The number of hydrogen-bond acceptors (Lipinski definition) is 6. The molecule has 0 aliphatic carbocycles. The number of piperidine rings is 1. The van der Waals surface area contributed by atoms with Gasteiger partial charge in [-0.1, -0.05) is 24.3 Å². The van der Waals surface area contributed by atoms with Gasteiger partial charge in [-0.05, 0) is 68.7 Å². The van der Waals surface area contributed by atoms with Crippen molar-refractivity contribution in [2.75, 3.05) is 73.4 Å². The number of nitrogens with one attached hydrogen (secondary N) is 2. The zero-order valence-corrected chi connectivity index (χ0v) is 23.9. The van der Waals surface area contributed by atoms with E-state index < -0.39 is 6.03 Å². The van der Waals surface area contributed by atoms with Crippen LogP contribution in [0.5, 0.6) is 11.5 Å². The Morgan fingerprint density at radius 1 is 0.756 bits per heavy atom. The number of benzene rings is 3. The molecule has 41 heavy (non-hydrogen) atoms. The first kappa shape index (κ1) is 28.1. The summed E-state index contributed by atoms with van der Waals surface area (Å²) < 4.78 is 11.2. The van der Waals surface area contributed by atoms with Crippen LogP contribution in [0.2, 0.25) is 0 Å². The van der Waals surface area contributed by atoms with Gasteiger partial charge < -0.3 is 34.8 Å². The van der Waals surface area contributed by atoms with Crippen LogP contribution in [0.4, 0.5) is 27.5 Å². The Kier molecular flexibility index (Phi) is 9.13. The topological polar surface area (TPSA) is 86.4 Å². The fourth-order valence-electron chi connectivity index (χ4n) is 5.54. The number of methoxy groups -OCH3 is 1. The van der Waals surface area contributed by atoms with Crippen LogP contribution in [0, 0.1) is 0 Å². The molecule has 0 aromatic heterocycles. The smallest absolute Gasteiger partial charge is 0.323 e. The number of amides is 3. The summed E-state index contributed by atoms with van der Waals surface area (Å²) in [7, 11) is 1.70. The van der Waals surface area contributed by atoms with Crippen LogP contribution in [0.1, 0.15) is 36.5 Å². The molecule has 0 radical (unpaired) electrons. The number of nitrogens with zero attached hydrogens (tertiary/aromatic N) is 3. The molecular weight excluding hydrogens is 518 g/mol. The quantitative estimate of drug-likeness (QED) is 0.370. The van der Waals surface area contributed by atoms with Crippen LogP contribution in [-0.4, -0.2) is 69.8 Å². The molecule has 2 aliphatic heterocycles. The third-order valence-corrected chi connectivity index (χ3v) is 7.61. The number of anilines is 4. The third-order valence-electron chi connectivity index (χ3n) is 7.61. The number of hydrogen-bond donors (Lipinski definition) is 2. The molecular formula is C32H39N5O4. The van der Waals surface area contributed by atoms with Gasteiger partial charge in [0, 0.05) is 50.6 Å². The molecule has 3 aromatic carbocycles. The molecule has 2 saturated heterocycles. The van der Waals surface area contributed by atoms with Gasteiger partial charge in [-0.2, -0.15) is 0 Å². The van der Waals surface area contributed by atoms with E-state index in [0.717, 1.165) is 75.7 Å². The average molecular weight is 558 g/mol. The highest BCUT2D eigenvalue weighted by Crippen LogP contribution is 2.32. The van der Waals surface area contributed by atoms with Crippen molar-refractivity contribution < 1.29 is 19.1 Å². The fourth-order valence-corrected chi connectivity index (χ4v) is 5.54. The van der Waals surface area contributed by atoms with Gasteiger partial charge in [-0.15, -0.1) is 0 Å². The van der Waals surface area contributed by atoms with Gasteiger partial charge in [0.1, 0.15) is 11.5 Å². The molecule has 2 aliphatic rings.